The van der Waals surface area contributed by atoms with E-state index < -0.39 is 0 Å². The lowest BCUT2D eigenvalue weighted by molar-refractivity contribution is 0.0943. The molecule has 1 fully saturated rings. The van der Waals surface area contributed by atoms with Crippen LogP contribution in [0.15, 0.2) is 65.8 Å². The number of thioether (sulfide) groups is 1. The van der Waals surface area contributed by atoms with Gasteiger partial charge in [-0.25, -0.2) is 9.97 Å². The maximum absolute atomic E-state index is 12.2. The number of carbonyl (C=O) groups is 1. The van der Waals surface area contributed by atoms with E-state index in [1.54, 1.807) is 11.8 Å². The zero-order chi connectivity index (χ0) is 23.9. The average molecular weight is 476 g/mol. The Bertz CT molecular complexity index is 1080. The number of nitrogens with one attached hydrogen (secondary N) is 1. The van der Waals surface area contributed by atoms with Gasteiger partial charge in [0.05, 0.1) is 5.69 Å². The Labute approximate surface area is 206 Å². The van der Waals surface area contributed by atoms with E-state index in [4.69, 9.17) is 9.97 Å². The molecule has 1 aliphatic rings. The summed E-state index contributed by atoms with van der Waals surface area (Å²) >= 11 is 1.63. The van der Waals surface area contributed by atoms with Crippen LogP contribution in [0.5, 0.6) is 0 Å². The number of aromatic nitrogens is 2. The van der Waals surface area contributed by atoms with Crippen molar-refractivity contribution >= 4 is 23.5 Å². The standard InChI is InChI=1S/C27H33N5OS/c1-4-31-14-16-32(17-15-31)25-18-24(22-8-6-5-7-9-22)29-27(30-25)34-19-21-10-12-23(13-11-21)26(33)28-20(2)3/h5-13,18,20H,4,14-17,19H2,1-3H3,(H,28,33). The van der Waals surface area contributed by atoms with E-state index in [2.05, 4.69) is 40.2 Å². The van der Waals surface area contributed by atoms with Gasteiger partial charge in [0, 0.05) is 55.2 Å². The molecule has 0 unspecified atom stereocenters. The minimum absolute atomic E-state index is 0.0408. The van der Waals surface area contributed by atoms with Crippen molar-refractivity contribution in [3.05, 3.63) is 71.8 Å². The van der Waals surface area contributed by atoms with E-state index in [9.17, 15) is 4.79 Å². The number of rotatable bonds is 8. The van der Waals surface area contributed by atoms with Gasteiger partial charge in [-0.2, -0.15) is 0 Å². The zero-order valence-electron chi connectivity index (χ0n) is 20.2. The Hall–Kier alpha value is -2.90. The fraction of sp³-hybridized carbons (Fsp3) is 0.370. The number of carbonyl (C=O) groups excluding carboxylic acids is 1. The smallest absolute Gasteiger partial charge is 0.251 e. The molecule has 4 rings (SSSR count). The molecule has 1 amide bonds. The topological polar surface area (TPSA) is 61.4 Å². The zero-order valence-corrected chi connectivity index (χ0v) is 21.0. The largest absolute Gasteiger partial charge is 0.354 e. The molecule has 2 heterocycles. The van der Waals surface area contributed by atoms with Gasteiger partial charge < -0.3 is 15.1 Å². The lowest BCUT2D eigenvalue weighted by atomic mass is 10.1. The Balaban J connectivity index is 1.51. The molecule has 3 aromatic rings. The summed E-state index contributed by atoms with van der Waals surface area (Å²) in [7, 11) is 0. The minimum Gasteiger partial charge on any atom is -0.354 e. The number of likely N-dealkylation sites (N-methyl/N-ethyl adjacent to an activating group) is 1. The van der Waals surface area contributed by atoms with Gasteiger partial charge in [-0.3, -0.25) is 4.79 Å². The molecule has 6 nitrogen and oxygen atoms in total. The molecular weight excluding hydrogens is 442 g/mol. The molecule has 0 spiro atoms. The SMILES string of the molecule is CCN1CCN(c2cc(-c3ccccc3)nc(SCc3ccc(C(=O)NC(C)C)cc3)n2)CC1. The van der Waals surface area contributed by atoms with E-state index >= 15 is 0 Å². The van der Waals surface area contributed by atoms with Crippen LogP contribution in [0, 0.1) is 0 Å². The van der Waals surface area contributed by atoms with Crippen molar-refractivity contribution in [2.75, 3.05) is 37.6 Å². The van der Waals surface area contributed by atoms with Gasteiger partial charge in [0.1, 0.15) is 5.82 Å². The molecule has 0 bridgehead atoms. The molecule has 34 heavy (non-hydrogen) atoms. The highest BCUT2D eigenvalue weighted by Gasteiger charge is 2.19. The number of benzene rings is 2. The normalized spacial score (nSPS) is 14.4. The number of hydrogen-bond donors (Lipinski definition) is 1. The third-order valence-electron chi connectivity index (χ3n) is 5.91. The first kappa shape index (κ1) is 24.2. The molecule has 178 valence electrons. The maximum atomic E-state index is 12.2. The molecule has 1 saturated heterocycles. The number of nitrogens with zero attached hydrogens (tertiary/aromatic N) is 4. The van der Waals surface area contributed by atoms with Crippen LogP contribution in [-0.2, 0) is 5.75 Å². The molecule has 0 aliphatic carbocycles. The third-order valence-corrected chi connectivity index (χ3v) is 6.83. The number of amides is 1. The van der Waals surface area contributed by atoms with Gasteiger partial charge in [-0.15, -0.1) is 0 Å². The highest BCUT2D eigenvalue weighted by atomic mass is 32.2. The van der Waals surface area contributed by atoms with Gasteiger partial charge in [-0.1, -0.05) is 61.2 Å². The highest BCUT2D eigenvalue weighted by molar-refractivity contribution is 7.98. The summed E-state index contributed by atoms with van der Waals surface area (Å²) in [6, 6.07) is 20.3. The molecule has 0 radical (unpaired) electrons. The molecule has 2 aromatic carbocycles. The van der Waals surface area contributed by atoms with Crippen LogP contribution < -0.4 is 10.2 Å². The Morgan fingerprint density at radius 3 is 2.35 bits per heavy atom. The maximum Gasteiger partial charge on any atom is 0.251 e. The van der Waals surface area contributed by atoms with Crippen molar-refractivity contribution in [3.63, 3.8) is 0 Å². The Morgan fingerprint density at radius 2 is 1.71 bits per heavy atom. The molecule has 1 aromatic heterocycles. The van der Waals surface area contributed by atoms with Gasteiger partial charge in [0.15, 0.2) is 5.16 Å². The first-order chi connectivity index (χ1) is 16.5. The van der Waals surface area contributed by atoms with Crippen LogP contribution in [0.3, 0.4) is 0 Å². The second-order valence-electron chi connectivity index (χ2n) is 8.80. The van der Waals surface area contributed by atoms with E-state index in [1.807, 2.05) is 56.3 Å². The number of anilines is 1. The van der Waals surface area contributed by atoms with E-state index in [1.165, 1.54) is 0 Å². The van der Waals surface area contributed by atoms with Crippen LogP contribution in [0.4, 0.5) is 5.82 Å². The second-order valence-corrected chi connectivity index (χ2v) is 9.74. The van der Waals surface area contributed by atoms with Crippen LogP contribution in [0.25, 0.3) is 11.3 Å². The van der Waals surface area contributed by atoms with Crippen molar-refractivity contribution in [2.45, 2.75) is 37.7 Å². The lowest BCUT2D eigenvalue weighted by Crippen LogP contribution is -2.46. The van der Waals surface area contributed by atoms with Crippen molar-refractivity contribution in [1.82, 2.24) is 20.2 Å². The van der Waals surface area contributed by atoms with Crippen molar-refractivity contribution in [3.8, 4) is 11.3 Å². The summed E-state index contributed by atoms with van der Waals surface area (Å²) in [6.07, 6.45) is 0. The van der Waals surface area contributed by atoms with Gasteiger partial charge in [-0.05, 0) is 38.1 Å². The summed E-state index contributed by atoms with van der Waals surface area (Å²) in [5.74, 6) is 1.70. The fourth-order valence-electron chi connectivity index (χ4n) is 3.94. The summed E-state index contributed by atoms with van der Waals surface area (Å²) in [4.78, 5) is 26.8. The molecule has 1 aliphatic heterocycles. The van der Waals surface area contributed by atoms with Crippen molar-refractivity contribution < 1.29 is 4.79 Å². The van der Waals surface area contributed by atoms with Crippen LogP contribution in [0.1, 0.15) is 36.7 Å². The van der Waals surface area contributed by atoms with Crippen LogP contribution in [0.2, 0.25) is 0 Å². The molecule has 0 saturated carbocycles. The Morgan fingerprint density at radius 1 is 1.00 bits per heavy atom. The second kappa shape index (κ2) is 11.5. The molecule has 0 atom stereocenters. The van der Waals surface area contributed by atoms with E-state index in [0.29, 0.717) is 5.56 Å². The van der Waals surface area contributed by atoms with Crippen molar-refractivity contribution in [1.29, 1.82) is 0 Å². The number of hydrogen-bond acceptors (Lipinski definition) is 6. The molecule has 7 heteroatoms. The monoisotopic (exact) mass is 475 g/mol. The highest BCUT2D eigenvalue weighted by Crippen LogP contribution is 2.28. The predicted octanol–water partition coefficient (Wildman–Crippen LogP) is 4.72. The first-order valence-corrected chi connectivity index (χ1v) is 12.9. The fourth-order valence-corrected chi connectivity index (χ4v) is 4.74. The van der Waals surface area contributed by atoms with Crippen LogP contribution in [-0.4, -0.2) is 59.5 Å². The molecular formula is C27H33N5OS. The van der Waals surface area contributed by atoms with Gasteiger partial charge >= 0.3 is 0 Å². The summed E-state index contributed by atoms with van der Waals surface area (Å²) in [5.41, 5.74) is 3.86. The predicted molar refractivity (Wildman–Crippen MR) is 140 cm³/mol. The first-order valence-electron chi connectivity index (χ1n) is 12.0. The number of piperazine rings is 1. The van der Waals surface area contributed by atoms with Gasteiger partial charge in [0.25, 0.3) is 5.91 Å². The summed E-state index contributed by atoms with van der Waals surface area (Å²) < 4.78 is 0. The lowest BCUT2D eigenvalue weighted by Gasteiger charge is -2.35. The van der Waals surface area contributed by atoms with Crippen LogP contribution >= 0.6 is 11.8 Å². The van der Waals surface area contributed by atoms with E-state index in [-0.39, 0.29) is 11.9 Å². The van der Waals surface area contributed by atoms with Crippen molar-refractivity contribution in [2.24, 2.45) is 0 Å². The van der Waals surface area contributed by atoms with E-state index in [0.717, 1.165) is 66.3 Å². The molecule has 1 N–H and O–H groups in total. The average Bonchev–Trinajstić information content (AvgIpc) is 2.88. The van der Waals surface area contributed by atoms with Gasteiger partial charge in [0.2, 0.25) is 0 Å². The Kier molecular flexibility index (Phi) is 8.19. The quantitative estimate of drug-likeness (QED) is 0.376. The minimum atomic E-state index is -0.0408. The third kappa shape index (κ3) is 6.36. The summed E-state index contributed by atoms with van der Waals surface area (Å²) in [6.45, 7) is 11.3. The summed E-state index contributed by atoms with van der Waals surface area (Å²) in [5, 5.41) is 3.70.